The zero-order chi connectivity index (χ0) is 27.2. The van der Waals surface area contributed by atoms with Gasteiger partial charge >= 0.3 is 12.2 Å². The van der Waals surface area contributed by atoms with Gasteiger partial charge in [-0.25, -0.2) is 14.5 Å². The van der Waals surface area contributed by atoms with Gasteiger partial charge in [0.25, 0.3) is 0 Å². The summed E-state index contributed by atoms with van der Waals surface area (Å²) in [7, 11) is 0. The first-order valence-electron chi connectivity index (χ1n) is 13.8. The third kappa shape index (κ3) is 6.48. The predicted molar refractivity (Wildman–Crippen MR) is 142 cm³/mol. The van der Waals surface area contributed by atoms with Crippen molar-refractivity contribution in [2.24, 2.45) is 5.92 Å². The summed E-state index contributed by atoms with van der Waals surface area (Å²) in [5.74, 6) is 1.43. The zero-order valence-electron chi connectivity index (χ0n) is 23.4. The topological polar surface area (TPSA) is 95.8 Å². The van der Waals surface area contributed by atoms with Crippen LogP contribution in [0.3, 0.4) is 0 Å². The van der Waals surface area contributed by atoms with E-state index in [1.165, 1.54) is 0 Å². The number of hydrogen-bond donors (Lipinski definition) is 0. The summed E-state index contributed by atoms with van der Waals surface area (Å²) in [6, 6.07) is 4.11. The molecule has 3 fully saturated rings. The minimum atomic E-state index is -0.711. The van der Waals surface area contributed by atoms with Crippen molar-refractivity contribution in [3.63, 3.8) is 0 Å². The van der Waals surface area contributed by atoms with Crippen molar-refractivity contribution < 1.29 is 23.8 Å². The van der Waals surface area contributed by atoms with Crippen LogP contribution in [0.5, 0.6) is 5.75 Å². The molecule has 3 saturated carbocycles. The molecule has 2 amide bonds. The van der Waals surface area contributed by atoms with Crippen molar-refractivity contribution >= 4 is 12.2 Å². The SMILES string of the molecule is CC(C)(C)OC(=O)N(CC1CC(n2cc(-c3ncccc3OC3CC3)c(C3CC3)n2)C1)C(=O)OC(C)(C)C. The zero-order valence-corrected chi connectivity index (χ0v) is 23.4. The van der Waals surface area contributed by atoms with E-state index in [1.54, 1.807) is 41.5 Å². The lowest BCUT2D eigenvalue weighted by Gasteiger charge is -2.38. The van der Waals surface area contributed by atoms with Gasteiger partial charge in [-0.15, -0.1) is 0 Å². The third-order valence-electron chi connectivity index (χ3n) is 6.82. The average Bonchev–Trinajstić information content (AvgIpc) is 3.70. The van der Waals surface area contributed by atoms with Gasteiger partial charge in [0, 0.05) is 30.4 Å². The van der Waals surface area contributed by atoms with Gasteiger partial charge in [-0.3, -0.25) is 9.67 Å². The molecule has 2 aromatic heterocycles. The van der Waals surface area contributed by atoms with Gasteiger partial charge in [0.2, 0.25) is 0 Å². The largest absolute Gasteiger partial charge is 0.488 e. The molecule has 2 aromatic rings. The molecule has 5 rings (SSSR count). The molecule has 2 heterocycles. The fourth-order valence-electron chi connectivity index (χ4n) is 4.67. The van der Waals surface area contributed by atoms with E-state index in [0.717, 1.165) is 66.1 Å². The predicted octanol–water partition coefficient (Wildman–Crippen LogP) is 6.49. The second kappa shape index (κ2) is 9.89. The number of imide groups is 1. The number of hydrogen-bond acceptors (Lipinski definition) is 7. The van der Waals surface area contributed by atoms with E-state index >= 15 is 0 Å². The molecule has 0 bridgehead atoms. The minimum absolute atomic E-state index is 0.140. The van der Waals surface area contributed by atoms with Crippen molar-refractivity contribution in [2.75, 3.05) is 6.54 Å². The highest BCUT2D eigenvalue weighted by molar-refractivity contribution is 5.88. The molecule has 0 atom stereocenters. The van der Waals surface area contributed by atoms with E-state index in [1.807, 2.05) is 18.3 Å². The second-order valence-corrected chi connectivity index (χ2v) is 12.9. The molecule has 0 N–H and O–H groups in total. The standard InChI is InChI=1S/C29H40N4O5/c1-28(2,3)37-26(34)32(27(35)38-29(4,5)6)16-18-14-20(15-18)33-17-22(24(31-33)19-9-10-19)25-23(8-7-13-30-25)36-21-11-12-21/h7-8,13,17-21H,9-12,14-16H2,1-6H3. The summed E-state index contributed by atoms with van der Waals surface area (Å²) >= 11 is 0. The molecular formula is C29H40N4O5. The molecule has 0 radical (unpaired) electrons. The van der Waals surface area contributed by atoms with Gasteiger partial charge in [-0.1, -0.05) is 0 Å². The van der Waals surface area contributed by atoms with Crippen molar-refractivity contribution in [3.05, 3.63) is 30.2 Å². The Labute approximate surface area is 224 Å². The van der Waals surface area contributed by atoms with Gasteiger partial charge < -0.3 is 14.2 Å². The first-order chi connectivity index (χ1) is 17.9. The van der Waals surface area contributed by atoms with Crippen LogP contribution in [0.15, 0.2) is 24.5 Å². The van der Waals surface area contributed by atoms with Gasteiger partial charge in [-0.05, 0) is 98.1 Å². The normalized spacial score (nSPS) is 21.4. The Morgan fingerprint density at radius 2 is 1.63 bits per heavy atom. The summed E-state index contributed by atoms with van der Waals surface area (Å²) in [6.07, 6.45) is 8.95. The van der Waals surface area contributed by atoms with E-state index < -0.39 is 23.4 Å². The molecule has 3 aliphatic rings. The minimum Gasteiger partial charge on any atom is -0.488 e. The van der Waals surface area contributed by atoms with Crippen LogP contribution in [-0.4, -0.2) is 55.7 Å². The summed E-state index contributed by atoms with van der Waals surface area (Å²) in [5, 5.41) is 5.01. The van der Waals surface area contributed by atoms with Crippen LogP contribution in [0, 0.1) is 5.92 Å². The third-order valence-corrected chi connectivity index (χ3v) is 6.82. The lowest BCUT2D eigenvalue weighted by atomic mass is 9.80. The Kier molecular flexibility index (Phi) is 6.90. The molecule has 9 heteroatoms. The smallest absolute Gasteiger partial charge is 0.419 e. The van der Waals surface area contributed by atoms with E-state index in [9.17, 15) is 9.59 Å². The maximum absolute atomic E-state index is 12.9. The molecule has 206 valence electrons. The highest BCUT2D eigenvalue weighted by atomic mass is 16.6. The molecule has 0 saturated heterocycles. The fourth-order valence-corrected chi connectivity index (χ4v) is 4.67. The fraction of sp³-hybridized carbons (Fsp3) is 0.655. The summed E-state index contributed by atoms with van der Waals surface area (Å²) in [6.45, 7) is 11.0. The van der Waals surface area contributed by atoms with E-state index in [-0.39, 0.29) is 18.5 Å². The summed E-state index contributed by atoms with van der Waals surface area (Å²) in [5.41, 5.74) is 1.59. The molecule has 9 nitrogen and oxygen atoms in total. The van der Waals surface area contributed by atoms with Gasteiger partial charge in [-0.2, -0.15) is 5.10 Å². The van der Waals surface area contributed by atoms with Crippen LogP contribution in [0.1, 0.15) is 97.7 Å². The van der Waals surface area contributed by atoms with E-state index in [2.05, 4.69) is 15.9 Å². The number of aromatic nitrogens is 3. The Bertz CT molecular complexity index is 1150. The van der Waals surface area contributed by atoms with Gasteiger partial charge in [0.15, 0.2) is 0 Å². The Morgan fingerprint density at radius 1 is 1.00 bits per heavy atom. The molecule has 3 aliphatic carbocycles. The maximum atomic E-state index is 12.9. The number of nitrogens with zero attached hydrogens (tertiary/aromatic N) is 4. The molecule has 0 spiro atoms. The lowest BCUT2D eigenvalue weighted by Crippen LogP contribution is -2.47. The molecule has 0 unspecified atom stereocenters. The first-order valence-corrected chi connectivity index (χ1v) is 13.8. The van der Waals surface area contributed by atoms with Crippen LogP contribution >= 0.6 is 0 Å². The number of amides is 2. The molecular weight excluding hydrogens is 484 g/mol. The second-order valence-electron chi connectivity index (χ2n) is 12.9. The van der Waals surface area contributed by atoms with Crippen molar-refractivity contribution in [1.82, 2.24) is 19.7 Å². The Morgan fingerprint density at radius 3 is 2.18 bits per heavy atom. The number of carbonyl (C=O) groups excluding carboxylic acids is 2. The maximum Gasteiger partial charge on any atom is 0.419 e. The van der Waals surface area contributed by atoms with Crippen molar-refractivity contribution in [3.8, 4) is 17.0 Å². The van der Waals surface area contributed by atoms with Crippen LogP contribution in [-0.2, 0) is 9.47 Å². The number of carbonyl (C=O) groups is 2. The number of rotatable bonds is 7. The monoisotopic (exact) mass is 524 g/mol. The van der Waals surface area contributed by atoms with Gasteiger partial charge in [0.1, 0.15) is 22.6 Å². The van der Waals surface area contributed by atoms with Crippen molar-refractivity contribution in [2.45, 2.75) is 109 Å². The molecule has 0 aromatic carbocycles. The Hall–Kier alpha value is -3.10. The van der Waals surface area contributed by atoms with E-state index in [0.29, 0.717) is 12.0 Å². The summed E-state index contributed by atoms with van der Waals surface area (Å²) in [4.78, 5) is 31.5. The van der Waals surface area contributed by atoms with Crippen LogP contribution < -0.4 is 4.74 Å². The molecule has 0 aliphatic heterocycles. The Balaban J connectivity index is 1.29. The highest BCUT2D eigenvalue weighted by Gasteiger charge is 2.40. The highest BCUT2D eigenvalue weighted by Crippen LogP contribution is 2.47. The molecule has 38 heavy (non-hydrogen) atoms. The number of ether oxygens (including phenoxy) is 3. The van der Waals surface area contributed by atoms with Crippen molar-refractivity contribution in [1.29, 1.82) is 0 Å². The van der Waals surface area contributed by atoms with Crippen LogP contribution in [0.4, 0.5) is 9.59 Å². The average molecular weight is 525 g/mol. The lowest BCUT2D eigenvalue weighted by molar-refractivity contribution is -0.00641. The first kappa shape index (κ1) is 26.5. The number of pyridine rings is 1. The van der Waals surface area contributed by atoms with E-state index in [4.69, 9.17) is 19.3 Å². The quantitative estimate of drug-likeness (QED) is 0.409. The summed E-state index contributed by atoms with van der Waals surface area (Å²) < 4.78 is 19.2. The van der Waals surface area contributed by atoms with Crippen LogP contribution in [0.2, 0.25) is 0 Å². The van der Waals surface area contributed by atoms with Crippen LogP contribution in [0.25, 0.3) is 11.3 Å². The van der Waals surface area contributed by atoms with Gasteiger partial charge in [0.05, 0.1) is 17.8 Å².